The van der Waals surface area contributed by atoms with Gasteiger partial charge in [-0.2, -0.15) is 12.6 Å². The minimum absolute atomic E-state index is 0.163. The van der Waals surface area contributed by atoms with Crippen LogP contribution in [0, 0.1) is 10.1 Å². The maximum atomic E-state index is 11.7. The van der Waals surface area contributed by atoms with Gasteiger partial charge in [-0.15, -0.1) is 0 Å². The third-order valence-corrected chi connectivity index (χ3v) is 3.16. The molecule has 7 nitrogen and oxygen atoms in total. The second-order valence-electron chi connectivity index (χ2n) is 4.13. The number of anilines is 1. The first kappa shape index (κ1) is 13.3. The number of amides is 1. The minimum atomic E-state index is -1.31. The number of hydrogen-bond donors (Lipinski definition) is 2. The molecule has 1 aromatic carbocycles. The van der Waals surface area contributed by atoms with Crippen LogP contribution in [-0.2, 0) is 4.79 Å². The van der Waals surface area contributed by atoms with Crippen LogP contribution in [0.15, 0.2) is 18.2 Å². The summed E-state index contributed by atoms with van der Waals surface area (Å²) in [5.41, 5.74) is -0.417. The average molecular weight is 282 g/mol. The van der Waals surface area contributed by atoms with Crippen molar-refractivity contribution in [2.45, 2.75) is 11.7 Å². The number of carbonyl (C=O) groups is 2. The van der Waals surface area contributed by atoms with Crippen LogP contribution in [0.4, 0.5) is 11.4 Å². The highest BCUT2D eigenvalue weighted by Crippen LogP contribution is 2.30. The van der Waals surface area contributed by atoms with Crippen LogP contribution >= 0.6 is 12.6 Å². The molecule has 2 rings (SSSR count). The Hall–Kier alpha value is -2.09. The van der Waals surface area contributed by atoms with E-state index in [0.29, 0.717) is 6.54 Å². The van der Waals surface area contributed by atoms with Gasteiger partial charge in [-0.1, -0.05) is 0 Å². The molecule has 1 unspecified atom stereocenters. The van der Waals surface area contributed by atoms with Crippen molar-refractivity contribution >= 4 is 35.9 Å². The highest BCUT2D eigenvalue weighted by Gasteiger charge is 2.31. The number of nitro groups is 1. The Balaban J connectivity index is 2.48. The summed E-state index contributed by atoms with van der Waals surface area (Å²) in [6.07, 6.45) is 0.221. The summed E-state index contributed by atoms with van der Waals surface area (Å²) in [7, 11) is 0. The van der Waals surface area contributed by atoms with Crippen LogP contribution in [0.2, 0.25) is 0 Å². The van der Waals surface area contributed by atoms with Crippen LogP contribution < -0.4 is 4.90 Å². The number of carbonyl (C=O) groups excluding carboxylic acids is 1. The maximum absolute atomic E-state index is 11.7. The van der Waals surface area contributed by atoms with Gasteiger partial charge in [0.2, 0.25) is 5.91 Å². The first-order valence-electron chi connectivity index (χ1n) is 5.40. The van der Waals surface area contributed by atoms with Crippen molar-refractivity contribution in [1.82, 2.24) is 0 Å². The van der Waals surface area contributed by atoms with Gasteiger partial charge in [0.25, 0.3) is 5.69 Å². The first-order valence-corrected chi connectivity index (χ1v) is 5.92. The van der Waals surface area contributed by atoms with E-state index in [-0.39, 0.29) is 34.5 Å². The zero-order chi connectivity index (χ0) is 14.2. The van der Waals surface area contributed by atoms with Gasteiger partial charge in [0, 0.05) is 30.3 Å². The van der Waals surface area contributed by atoms with Gasteiger partial charge >= 0.3 is 5.97 Å². The molecule has 0 spiro atoms. The van der Waals surface area contributed by atoms with E-state index in [1.807, 2.05) is 0 Å². The number of non-ortho nitro benzene ring substituents is 1. The number of nitrogens with zero attached hydrogens (tertiary/aromatic N) is 2. The fourth-order valence-electron chi connectivity index (χ4n) is 1.97. The lowest BCUT2D eigenvalue weighted by atomic mass is 10.1. The quantitative estimate of drug-likeness (QED) is 0.495. The lowest BCUT2D eigenvalue weighted by Gasteiger charge is -2.18. The summed E-state index contributed by atoms with van der Waals surface area (Å²) in [6, 6.07) is 3.42. The van der Waals surface area contributed by atoms with Crippen molar-refractivity contribution in [2.24, 2.45) is 0 Å². The second kappa shape index (κ2) is 4.88. The predicted octanol–water partition coefficient (Wildman–Crippen LogP) is 1.33. The summed E-state index contributed by atoms with van der Waals surface area (Å²) in [4.78, 5) is 34.2. The Labute approximate surface area is 113 Å². The average Bonchev–Trinajstić information content (AvgIpc) is 2.67. The Morgan fingerprint density at radius 1 is 1.53 bits per heavy atom. The third kappa shape index (κ3) is 2.53. The standard InChI is InChI=1S/C11H10N2O5S/c14-10-4-7(19)5-12(10)9-2-1-6(13(17)18)3-8(9)11(15)16/h1-3,7,19H,4-5H2,(H,15,16). The number of thiol groups is 1. The highest BCUT2D eigenvalue weighted by molar-refractivity contribution is 7.81. The molecule has 100 valence electrons. The minimum Gasteiger partial charge on any atom is -0.478 e. The Kier molecular flexibility index (Phi) is 3.43. The summed E-state index contributed by atoms with van der Waals surface area (Å²) >= 11 is 4.18. The largest absolute Gasteiger partial charge is 0.478 e. The summed E-state index contributed by atoms with van der Waals surface area (Å²) < 4.78 is 0. The Morgan fingerprint density at radius 3 is 2.68 bits per heavy atom. The molecule has 1 saturated heterocycles. The highest BCUT2D eigenvalue weighted by atomic mass is 32.1. The molecule has 1 atom stereocenters. The normalized spacial score (nSPS) is 18.7. The number of aromatic carboxylic acids is 1. The van der Waals surface area contributed by atoms with E-state index in [0.717, 1.165) is 6.07 Å². The van der Waals surface area contributed by atoms with Crippen LogP contribution in [-0.4, -0.2) is 33.7 Å². The first-order chi connectivity index (χ1) is 8.90. The van der Waals surface area contributed by atoms with Crippen molar-refractivity contribution in [3.63, 3.8) is 0 Å². The molecule has 1 aromatic rings. The molecule has 0 saturated carbocycles. The van der Waals surface area contributed by atoms with Gasteiger partial charge in [-0.25, -0.2) is 4.79 Å². The molecular weight excluding hydrogens is 272 g/mol. The van der Waals surface area contributed by atoms with E-state index in [1.165, 1.54) is 17.0 Å². The molecule has 19 heavy (non-hydrogen) atoms. The fraction of sp³-hybridized carbons (Fsp3) is 0.273. The second-order valence-corrected chi connectivity index (χ2v) is 4.86. The fourth-order valence-corrected chi connectivity index (χ4v) is 2.29. The predicted molar refractivity (Wildman–Crippen MR) is 69.8 cm³/mol. The van der Waals surface area contributed by atoms with E-state index in [1.54, 1.807) is 0 Å². The van der Waals surface area contributed by atoms with Crippen molar-refractivity contribution in [2.75, 3.05) is 11.4 Å². The molecule has 1 amide bonds. The van der Waals surface area contributed by atoms with Crippen LogP contribution in [0.1, 0.15) is 16.8 Å². The summed E-state index contributed by atoms with van der Waals surface area (Å²) in [5, 5.41) is 19.6. The maximum Gasteiger partial charge on any atom is 0.338 e. The van der Waals surface area contributed by atoms with E-state index < -0.39 is 10.9 Å². The number of carboxylic acid groups (broad SMARTS) is 1. The van der Waals surface area contributed by atoms with E-state index in [4.69, 9.17) is 5.11 Å². The molecule has 8 heteroatoms. The van der Waals surface area contributed by atoms with Crippen molar-refractivity contribution < 1.29 is 19.6 Å². The molecule has 0 aromatic heterocycles. The van der Waals surface area contributed by atoms with Gasteiger partial charge < -0.3 is 10.0 Å². The molecule has 1 aliphatic heterocycles. The van der Waals surface area contributed by atoms with E-state index >= 15 is 0 Å². The van der Waals surface area contributed by atoms with Gasteiger partial charge in [0.05, 0.1) is 16.2 Å². The molecule has 1 aliphatic rings. The van der Waals surface area contributed by atoms with Gasteiger partial charge in [0.1, 0.15) is 0 Å². The molecule has 1 N–H and O–H groups in total. The Morgan fingerprint density at radius 2 is 2.21 bits per heavy atom. The van der Waals surface area contributed by atoms with Crippen LogP contribution in [0.5, 0.6) is 0 Å². The molecule has 1 fully saturated rings. The third-order valence-electron chi connectivity index (χ3n) is 2.82. The van der Waals surface area contributed by atoms with E-state index in [2.05, 4.69) is 12.6 Å². The number of rotatable bonds is 3. The van der Waals surface area contributed by atoms with Crippen LogP contribution in [0.25, 0.3) is 0 Å². The molecule has 0 aliphatic carbocycles. The molecule has 0 bridgehead atoms. The Bertz CT molecular complexity index is 574. The van der Waals surface area contributed by atoms with Crippen molar-refractivity contribution in [3.8, 4) is 0 Å². The molecule has 0 radical (unpaired) electrons. The van der Waals surface area contributed by atoms with Crippen molar-refractivity contribution in [1.29, 1.82) is 0 Å². The lowest BCUT2D eigenvalue weighted by Crippen LogP contribution is -2.26. The topological polar surface area (TPSA) is 101 Å². The smallest absolute Gasteiger partial charge is 0.338 e. The summed E-state index contributed by atoms with van der Waals surface area (Å²) in [6.45, 7) is 0.292. The molecule has 1 heterocycles. The number of carboxylic acids is 1. The number of nitro benzene ring substituents is 1. The van der Waals surface area contributed by atoms with Crippen molar-refractivity contribution in [3.05, 3.63) is 33.9 Å². The van der Waals surface area contributed by atoms with Crippen LogP contribution in [0.3, 0.4) is 0 Å². The number of hydrogen-bond acceptors (Lipinski definition) is 5. The lowest BCUT2D eigenvalue weighted by molar-refractivity contribution is -0.384. The zero-order valence-electron chi connectivity index (χ0n) is 9.65. The summed E-state index contributed by atoms with van der Waals surface area (Å²) in [5.74, 6) is -1.55. The van der Waals surface area contributed by atoms with Gasteiger partial charge in [-0.3, -0.25) is 14.9 Å². The monoisotopic (exact) mass is 282 g/mol. The SMILES string of the molecule is O=C(O)c1cc([N+](=O)[O-])ccc1N1CC(S)CC1=O. The zero-order valence-corrected chi connectivity index (χ0v) is 10.5. The number of benzene rings is 1. The van der Waals surface area contributed by atoms with E-state index in [9.17, 15) is 19.7 Å². The van der Waals surface area contributed by atoms with Gasteiger partial charge in [-0.05, 0) is 6.07 Å². The van der Waals surface area contributed by atoms with Gasteiger partial charge in [0.15, 0.2) is 0 Å². The molecular formula is C11H10N2O5S.